The number of hydrogen-bond donors (Lipinski definition) is 3. The highest BCUT2D eigenvalue weighted by Crippen LogP contribution is 2.20. The van der Waals surface area contributed by atoms with E-state index in [1.54, 1.807) is 13.8 Å². The Hall–Kier alpha value is -3.72. The van der Waals surface area contributed by atoms with Gasteiger partial charge in [0.2, 0.25) is 5.91 Å². The Morgan fingerprint density at radius 3 is 2.30 bits per heavy atom. The zero-order chi connectivity index (χ0) is 24.0. The Balaban J connectivity index is 1.69. The van der Waals surface area contributed by atoms with Gasteiger partial charge in [0.1, 0.15) is 11.9 Å². The molecule has 0 fully saturated rings. The van der Waals surface area contributed by atoms with E-state index in [1.165, 1.54) is 30.3 Å². The smallest absolute Gasteiger partial charge is 0.261 e. The fraction of sp³-hybridized carbons (Fsp3) is 0.167. The molecule has 0 saturated heterocycles. The molecule has 0 heterocycles. The highest BCUT2D eigenvalue weighted by atomic mass is 32.2. The highest BCUT2D eigenvalue weighted by molar-refractivity contribution is 7.92. The summed E-state index contributed by atoms with van der Waals surface area (Å²) in [6.07, 6.45) is 0. The zero-order valence-electron chi connectivity index (χ0n) is 18.1. The van der Waals surface area contributed by atoms with Crippen molar-refractivity contribution in [3.05, 3.63) is 95.3 Å². The maximum atomic E-state index is 13.1. The Kier molecular flexibility index (Phi) is 7.44. The van der Waals surface area contributed by atoms with Crippen molar-refractivity contribution in [3.63, 3.8) is 0 Å². The summed E-state index contributed by atoms with van der Waals surface area (Å²) < 4.78 is 40.9. The van der Waals surface area contributed by atoms with E-state index >= 15 is 0 Å². The first-order valence-corrected chi connectivity index (χ1v) is 11.7. The number of carbonyl (C=O) groups is 2. The Morgan fingerprint density at radius 1 is 0.970 bits per heavy atom. The van der Waals surface area contributed by atoms with Gasteiger partial charge in [0.05, 0.1) is 4.90 Å². The number of nitrogens with one attached hydrogen (secondary N) is 3. The molecule has 0 spiro atoms. The van der Waals surface area contributed by atoms with Crippen molar-refractivity contribution in [2.45, 2.75) is 31.3 Å². The first-order valence-electron chi connectivity index (χ1n) is 10.2. The molecule has 3 aromatic rings. The summed E-state index contributed by atoms with van der Waals surface area (Å²) >= 11 is 0. The number of benzene rings is 3. The minimum Gasteiger partial charge on any atom is -0.350 e. The maximum absolute atomic E-state index is 13.1. The van der Waals surface area contributed by atoms with Gasteiger partial charge >= 0.3 is 0 Å². The lowest BCUT2D eigenvalue weighted by Crippen LogP contribution is -2.44. The minimum absolute atomic E-state index is 0.125. The van der Waals surface area contributed by atoms with Gasteiger partial charge in [-0.15, -0.1) is 0 Å². The number of halogens is 1. The van der Waals surface area contributed by atoms with Gasteiger partial charge in [-0.05, 0) is 61.4 Å². The van der Waals surface area contributed by atoms with Gasteiger partial charge in [-0.25, -0.2) is 12.8 Å². The molecule has 9 heteroatoms. The second kappa shape index (κ2) is 10.3. The molecule has 0 aliphatic carbocycles. The van der Waals surface area contributed by atoms with Gasteiger partial charge in [0.15, 0.2) is 0 Å². The van der Waals surface area contributed by atoms with Crippen molar-refractivity contribution in [2.75, 3.05) is 4.72 Å². The number of amides is 2. The molecule has 7 nitrogen and oxygen atoms in total. The first kappa shape index (κ1) is 23.9. The first-order chi connectivity index (χ1) is 15.7. The van der Waals surface area contributed by atoms with E-state index in [4.69, 9.17) is 0 Å². The average Bonchev–Trinajstić information content (AvgIpc) is 2.79. The number of hydrogen-bond acceptors (Lipinski definition) is 4. The van der Waals surface area contributed by atoms with Crippen molar-refractivity contribution in [2.24, 2.45) is 0 Å². The fourth-order valence-corrected chi connectivity index (χ4v) is 4.11. The number of carbonyl (C=O) groups excluding carboxylic acids is 2. The van der Waals surface area contributed by atoms with Crippen LogP contribution in [0.15, 0.2) is 77.7 Å². The van der Waals surface area contributed by atoms with Crippen LogP contribution in [0.2, 0.25) is 0 Å². The standard InChI is InChI=1S/C24H24FN3O4S/c1-16-8-13-21(33(31,32)28-20-11-9-19(25)10-12-20)14-22(16)24(30)27-17(2)23(29)26-15-18-6-4-3-5-7-18/h3-14,17,28H,15H2,1-2H3,(H,26,29)(H,27,30). The van der Waals surface area contributed by atoms with E-state index in [-0.39, 0.29) is 22.1 Å². The normalized spacial score (nSPS) is 12.0. The van der Waals surface area contributed by atoms with Crippen LogP contribution >= 0.6 is 0 Å². The molecule has 1 unspecified atom stereocenters. The van der Waals surface area contributed by atoms with Crippen LogP contribution in [-0.4, -0.2) is 26.3 Å². The third kappa shape index (κ3) is 6.39. The largest absolute Gasteiger partial charge is 0.350 e. The van der Waals surface area contributed by atoms with Crippen LogP contribution in [-0.2, 0) is 21.4 Å². The number of rotatable bonds is 8. The van der Waals surface area contributed by atoms with Gasteiger partial charge in [-0.1, -0.05) is 36.4 Å². The van der Waals surface area contributed by atoms with Gasteiger partial charge in [0, 0.05) is 17.8 Å². The maximum Gasteiger partial charge on any atom is 0.261 e. The van der Waals surface area contributed by atoms with Crippen LogP contribution in [0.25, 0.3) is 0 Å². The Bertz CT molecular complexity index is 1250. The second-order valence-corrected chi connectivity index (χ2v) is 9.17. The van der Waals surface area contributed by atoms with E-state index in [1.807, 2.05) is 30.3 Å². The van der Waals surface area contributed by atoms with Crippen molar-refractivity contribution in [1.82, 2.24) is 10.6 Å². The summed E-state index contributed by atoms with van der Waals surface area (Å²) in [5, 5.41) is 5.35. The van der Waals surface area contributed by atoms with E-state index in [9.17, 15) is 22.4 Å². The molecular formula is C24H24FN3O4S. The molecule has 0 aromatic heterocycles. The number of anilines is 1. The molecule has 0 bridgehead atoms. The summed E-state index contributed by atoms with van der Waals surface area (Å²) in [6, 6.07) is 17.5. The van der Waals surface area contributed by atoms with Crippen LogP contribution in [0, 0.1) is 12.7 Å². The summed E-state index contributed by atoms with van der Waals surface area (Å²) in [4.78, 5) is 25.0. The topological polar surface area (TPSA) is 104 Å². The molecule has 3 rings (SSSR count). The predicted molar refractivity (Wildman–Crippen MR) is 124 cm³/mol. The third-order valence-electron chi connectivity index (χ3n) is 4.91. The van der Waals surface area contributed by atoms with Crippen molar-refractivity contribution >= 4 is 27.5 Å². The summed E-state index contributed by atoms with van der Waals surface area (Å²) in [7, 11) is -4.01. The SMILES string of the molecule is Cc1ccc(S(=O)(=O)Nc2ccc(F)cc2)cc1C(=O)NC(C)C(=O)NCc1ccccc1. The highest BCUT2D eigenvalue weighted by Gasteiger charge is 2.21. The Labute approximate surface area is 192 Å². The van der Waals surface area contributed by atoms with E-state index < -0.39 is 27.8 Å². The average molecular weight is 470 g/mol. The molecule has 33 heavy (non-hydrogen) atoms. The van der Waals surface area contributed by atoms with E-state index in [0.29, 0.717) is 12.1 Å². The summed E-state index contributed by atoms with van der Waals surface area (Å²) in [5.41, 5.74) is 1.78. The number of sulfonamides is 1. The third-order valence-corrected chi connectivity index (χ3v) is 6.29. The molecular weight excluding hydrogens is 445 g/mol. The predicted octanol–water partition coefficient (Wildman–Crippen LogP) is 3.37. The molecule has 0 saturated carbocycles. The van der Waals surface area contributed by atoms with Crippen LogP contribution in [0.5, 0.6) is 0 Å². The van der Waals surface area contributed by atoms with Crippen molar-refractivity contribution < 1.29 is 22.4 Å². The van der Waals surface area contributed by atoms with Gasteiger partial charge in [-0.3, -0.25) is 14.3 Å². The minimum atomic E-state index is -4.01. The lowest BCUT2D eigenvalue weighted by Gasteiger charge is -2.16. The lowest BCUT2D eigenvalue weighted by molar-refractivity contribution is -0.122. The second-order valence-electron chi connectivity index (χ2n) is 7.49. The molecule has 172 valence electrons. The molecule has 1 atom stereocenters. The summed E-state index contributed by atoms with van der Waals surface area (Å²) in [5.74, 6) is -1.44. The summed E-state index contributed by atoms with van der Waals surface area (Å²) in [6.45, 7) is 3.53. The molecule has 2 amide bonds. The number of aryl methyl sites for hydroxylation is 1. The van der Waals surface area contributed by atoms with Gasteiger partial charge in [-0.2, -0.15) is 0 Å². The molecule has 0 aliphatic rings. The van der Waals surface area contributed by atoms with Gasteiger partial charge < -0.3 is 10.6 Å². The monoisotopic (exact) mass is 469 g/mol. The van der Waals surface area contributed by atoms with Crippen LogP contribution < -0.4 is 15.4 Å². The van der Waals surface area contributed by atoms with Crippen molar-refractivity contribution in [1.29, 1.82) is 0 Å². The van der Waals surface area contributed by atoms with Gasteiger partial charge in [0.25, 0.3) is 15.9 Å². The molecule has 3 aromatic carbocycles. The fourth-order valence-electron chi connectivity index (χ4n) is 3.02. The van der Waals surface area contributed by atoms with E-state index in [0.717, 1.165) is 17.7 Å². The molecule has 3 N–H and O–H groups in total. The lowest BCUT2D eigenvalue weighted by atomic mass is 10.1. The molecule has 0 radical (unpaired) electrons. The van der Waals surface area contributed by atoms with E-state index in [2.05, 4.69) is 15.4 Å². The van der Waals surface area contributed by atoms with Crippen LogP contribution in [0.1, 0.15) is 28.4 Å². The quantitative estimate of drug-likeness (QED) is 0.471. The van der Waals surface area contributed by atoms with Crippen molar-refractivity contribution in [3.8, 4) is 0 Å². The Morgan fingerprint density at radius 2 is 1.64 bits per heavy atom. The van der Waals surface area contributed by atoms with Crippen LogP contribution in [0.3, 0.4) is 0 Å². The van der Waals surface area contributed by atoms with Crippen LogP contribution in [0.4, 0.5) is 10.1 Å². The zero-order valence-corrected chi connectivity index (χ0v) is 18.9. The molecule has 0 aliphatic heterocycles.